The van der Waals surface area contributed by atoms with Gasteiger partial charge in [0.25, 0.3) is 0 Å². The van der Waals surface area contributed by atoms with Gasteiger partial charge in [-0.3, -0.25) is 19.1 Å². The second kappa shape index (κ2) is 10.9. The van der Waals surface area contributed by atoms with E-state index in [1.807, 2.05) is 19.9 Å². The molecule has 3 rings (SSSR count). The maximum absolute atomic E-state index is 12.8. The Morgan fingerprint density at radius 1 is 1.22 bits per heavy atom. The Morgan fingerprint density at radius 3 is 2.47 bits per heavy atom. The van der Waals surface area contributed by atoms with Crippen molar-refractivity contribution in [3.05, 3.63) is 36.5 Å². The maximum Gasteiger partial charge on any atom is 0.309 e. The topological polar surface area (TPSA) is 88.1 Å². The van der Waals surface area contributed by atoms with E-state index in [-0.39, 0.29) is 23.2 Å². The van der Waals surface area contributed by atoms with Gasteiger partial charge in [-0.2, -0.15) is 0 Å². The fraction of sp³-hybridized carbons (Fsp3) is 0.690. The van der Waals surface area contributed by atoms with Crippen LogP contribution in [0.25, 0.3) is 0 Å². The second-order valence-corrected chi connectivity index (χ2v) is 11.1. The molecule has 0 aromatic carbocycles. The molecule has 0 aromatic heterocycles. The summed E-state index contributed by atoms with van der Waals surface area (Å²) in [6, 6.07) is 0. The van der Waals surface area contributed by atoms with Crippen molar-refractivity contribution in [2.45, 2.75) is 98.8 Å². The second-order valence-electron chi connectivity index (χ2n) is 11.1. The number of allylic oxidation sites excluding steroid dienone is 2. The third kappa shape index (κ3) is 5.17. The predicted molar refractivity (Wildman–Crippen MR) is 135 cm³/mol. The Labute approximate surface area is 215 Å². The van der Waals surface area contributed by atoms with Gasteiger partial charge in [0.05, 0.1) is 11.3 Å². The van der Waals surface area contributed by atoms with E-state index in [2.05, 4.69) is 27.0 Å². The first kappa shape index (κ1) is 28.2. The molecule has 1 saturated carbocycles. The number of ether oxygens (including phenoxy) is 4. The fourth-order valence-corrected chi connectivity index (χ4v) is 6.39. The Balaban J connectivity index is 2.13. The molecular formula is C29H42O7. The van der Waals surface area contributed by atoms with E-state index in [4.69, 9.17) is 18.9 Å². The lowest BCUT2D eigenvalue weighted by Gasteiger charge is -2.58. The van der Waals surface area contributed by atoms with E-state index in [1.54, 1.807) is 6.08 Å². The molecule has 1 aliphatic heterocycles. The van der Waals surface area contributed by atoms with Gasteiger partial charge in [-0.1, -0.05) is 52.5 Å². The molecule has 2 aliphatic carbocycles. The minimum Gasteiger partial charge on any atom is -0.458 e. The van der Waals surface area contributed by atoms with Crippen LogP contribution in [0.1, 0.15) is 80.1 Å². The number of carbonyl (C=O) groups is 3. The van der Waals surface area contributed by atoms with E-state index < -0.39 is 36.0 Å². The molecule has 2 fully saturated rings. The zero-order valence-corrected chi connectivity index (χ0v) is 22.6. The zero-order valence-electron chi connectivity index (χ0n) is 22.6. The van der Waals surface area contributed by atoms with Gasteiger partial charge in [-0.05, 0) is 61.9 Å². The molecular weight excluding hydrogens is 460 g/mol. The van der Waals surface area contributed by atoms with Gasteiger partial charge in [0.1, 0.15) is 6.10 Å². The summed E-state index contributed by atoms with van der Waals surface area (Å²) in [4.78, 5) is 36.9. The van der Waals surface area contributed by atoms with Gasteiger partial charge in [0.15, 0.2) is 0 Å². The van der Waals surface area contributed by atoms with Gasteiger partial charge < -0.3 is 14.2 Å². The molecule has 200 valence electrons. The molecule has 1 heterocycles. The van der Waals surface area contributed by atoms with E-state index in [1.165, 1.54) is 13.8 Å². The molecule has 3 aliphatic rings. The molecule has 7 nitrogen and oxygen atoms in total. The molecule has 0 amide bonds. The summed E-state index contributed by atoms with van der Waals surface area (Å²) in [5.41, 5.74) is 0.814. The highest BCUT2D eigenvalue weighted by Crippen LogP contribution is 2.67. The van der Waals surface area contributed by atoms with E-state index in [0.717, 1.165) is 30.4 Å². The average Bonchev–Trinajstić information content (AvgIpc) is 3.10. The first-order chi connectivity index (χ1) is 16.9. The summed E-state index contributed by atoms with van der Waals surface area (Å²) < 4.78 is 23.5. The van der Waals surface area contributed by atoms with Crippen molar-refractivity contribution in [3.63, 3.8) is 0 Å². The third-order valence-corrected chi connectivity index (χ3v) is 8.93. The van der Waals surface area contributed by atoms with Crippen molar-refractivity contribution in [1.29, 1.82) is 0 Å². The Bertz CT molecular complexity index is 936. The molecule has 1 saturated heterocycles. The fourth-order valence-electron chi connectivity index (χ4n) is 6.39. The number of carbonyl (C=O) groups excluding carboxylic acids is 3. The highest BCUT2D eigenvalue weighted by Gasteiger charge is 2.67. The van der Waals surface area contributed by atoms with Crippen LogP contribution in [0.5, 0.6) is 0 Å². The molecule has 0 bridgehead atoms. The quantitative estimate of drug-likeness (QED) is 0.174. The van der Waals surface area contributed by atoms with Crippen LogP contribution in [0, 0.1) is 28.6 Å². The number of hydrogen-bond acceptors (Lipinski definition) is 7. The molecule has 7 heteroatoms. The number of esters is 3. The molecule has 8 atom stereocenters. The Hall–Kier alpha value is -2.41. The smallest absolute Gasteiger partial charge is 0.309 e. The molecule has 8 unspecified atom stereocenters. The first-order valence-electron chi connectivity index (χ1n) is 13.1. The monoisotopic (exact) mass is 502 g/mol. The van der Waals surface area contributed by atoms with Gasteiger partial charge in [0.2, 0.25) is 12.6 Å². The van der Waals surface area contributed by atoms with Crippen molar-refractivity contribution >= 4 is 17.9 Å². The Morgan fingerprint density at radius 2 is 1.89 bits per heavy atom. The minimum absolute atomic E-state index is 0.0500. The number of hydrogen-bond donors (Lipinski definition) is 0. The van der Waals surface area contributed by atoms with Crippen molar-refractivity contribution in [2.24, 2.45) is 28.6 Å². The van der Waals surface area contributed by atoms with Crippen molar-refractivity contribution in [2.75, 3.05) is 0 Å². The van der Waals surface area contributed by atoms with Crippen LogP contribution < -0.4 is 0 Å². The number of rotatable bonds is 9. The Kier molecular flexibility index (Phi) is 8.54. The summed E-state index contributed by atoms with van der Waals surface area (Å²) in [7, 11) is 0. The minimum atomic E-state index is -1.000. The van der Waals surface area contributed by atoms with Crippen LogP contribution in [-0.4, -0.2) is 36.6 Å². The van der Waals surface area contributed by atoms with Crippen molar-refractivity contribution in [3.8, 4) is 0 Å². The van der Waals surface area contributed by atoms with Crippen LogP contribution in [0.15, 0.2) is 36.5 Å². The highest BCUT2D eigenvalue weighted by molar-refractivity contribution is 5.72. The lowest BCUT2D eigenvalue weighted by Crippen LogP contribution is -2.57. The van der Waals surface area contributed by atoms with Crippen LogP contribution >= 0.6 is 0 Å². The molecule has 0 N–H and O–H groups in total. The highest BCUT2D eigenvalue weighted by atomic mass is 16.8. The zero-order chi connectivity index (χ0) is 26.8. The summed E-state index contributed by atoms with van der Waals surface area (Å²) >= 11 is 0. The van der Waals surface area contributed by atoms with Crippen molar-refractivity contribution in [1.82, 2.24) is 0 Å². The lowest BCUT2D eigenvalue weighted by atomic mass is 9.46. The summed E-state index contributed by atoms with van der Waals surface area (Å²) in [6.45, 7) is 19.0. The third-order valence-electron chi connectivity index (χ3n) is 8.93. The van der Waals surface area contributed by atoms with Crippen LogP contribution in [0.3, 0.4) is 0 Å². The van der Waals surface area contributed by atoms with E-state index in [0.29, 0.717) is 25.2 Å². The average molecular weight is 503 g/mol. The van der Waals surface area contributed by atoms with Gasteiger partial charge in [-0.25, -0.2) is 0 Å². The van der Waals surface area contributed by atoms with Crippen LogP contribution in [-0.2, 0) is 33.3 Å². The summed E-state index contributed by atoms with van der Waals surface area (Å²) in [5, 5.41) is 0. The van der Waals surface area contributed by atoms with Gasteiger partial charge >= 0.3 is 17.9 Å². The lowest BCUT2D eigenvalue weighted by molar-refractivity contribution is -0.236. The largest absolute Gasteiger partial charge is 0.458 e. The van der Waals surface area contributed by atoms with E-state index in [9.17, 15) is 14.4 Å². The molecule has 36 heavy (non-hydrogen) atoms. The normalized spacial score (nSPS) is 35.9. The first-order valence-corrected chi connectivity index (χ1v) is 13.1. The molecule has 1 spiro atoms. The van der Waals surface area contributed by atoms with Crippen LogP contribution in [0.2, 0.25) is 0 Å². The van der Waals surface area contributed by atoms with Gasteiger partial charge in [-0.15, -0.1) is 0 Å². The standard InChI is InChI=1S/C29H42O7/c1-9-17(3)11-13-28(8)19(5)12-14-29-23(26(33-20(6)30)36-27(29)34-21(7)31)15-22(16-24(28)29)35-25(32)18(4)10-2/h9,15,18-19,22,24,26-27H,1,3,10-14,16H2,2,4-8H3. The van der Waals surface area contributed by atoms with Crippen molar-refractivity contribution < 1.29 is 33.3 Å². The summed E-state index contributed by atoms with van der Waals surface area (Å²) in [6.07, 6.45) is 5.75. The predicted octanol–water partition coefficient (Wildman–Crippen LogP) is 5.64. The van der Waals surface area contributed by atoms with E-state index >= 15 is 0 Å². The maximum atomic E-state index is 12.8. The molecule has 0 aromatic rings. The summed E-state index contributed by atoms with van der Waals surface area (Å²) in [5.74, 6) is -1.13. The van der Waals surface area contributed by atoms with Gasteiger partial charge in [0, 0.05) is 19.4 Å². The van der Waals surface area contributed by atoms with Crippen LogP contribution in [0.4, 0.5) is 0 Å². The SMILES string of the molecule is C=CC(=C)CCC1(C)C(C)CCC23C(=CC(OC(=O)C(C)CC)CC12)C(OC(C)=O)OC3OC(C)=O. The molecule has 0 radical (unpaired) electrons.